The highest BCUT2D eigenvalue weighted by atomic mass is 16.5. The Morgan fingerprint density at radius 2 is 1.67 bits per heavy atom. The van der Waals surface area contributed by atoms with Gasteiger partial charge in [-0.3, -0.25) is 4.79 Å². The Hall–Kier alpha value is -3.35. The van der Waals surface area contributed by atoms with Crippen LogP contribution in [0, 0.1) is 0 Å². The summed E-state index contributed by atoms with van der Waals surface area (Å²) in [7, 11) is 2.94. The number of carbonyl (C=O) groups is 3. The highest BCUT2D eigenvalue weighted by Crippen LogP contribution is 2.15. The van der Waals surface area contributed by atoms with E-state index >= 15 is 0 Å². The Kier molecular flexibility index (Phi) is 7.37. The number of esters is 2. The first kappa shape index (κ1) is 20.0. The smallest absolute Gasteiger partial charge is 0.340 e. The number of para-hydroxylation sites is 1. The van der Waals surface area contributed by atoms with E-state index in [-0.39, 0.29) is 6.42 Å². The molecule has 1 amide bonds. The maximum atomic E-state index is 12.2. The van der Waals surface area contributed by atoms with E-state index in [9.17, 15) is 14.4 Å². The molecule has 142 valence electrons. The van der Waals surface area contributed by atoms with Crippen molar-refractivity contribution in [3.8, 4) is 0 Å². The van der Waals surface area contributed by atoms with Crippen molar-refractivity contribution in [2.75, 3.05) is 26.1 Å². The molecule has 0 spiro atoms. The van der Waals surface area contributed by atoms with Crippen LogP contribution in [0.5, 0.6) is 0 Å². The van der Waals surface area contributed by atoms with Crippen molar-refractivity contribution >= 4 is 23.5 Å². The highest BCUT2D eigenvalue weighted by molar-refractivity contribution is 5.97. The number of hydrogen-bond acceptors (Lipinski definition) is 6. The normalized spacial score (nSPS) is 11.2. The summed E-state index contributed by atoms with van der Waals surface area (Å²) in [6, 6.07) is 15.2. The summed E-state index contributed by atoms with van der Waals surface area (Å²) >= 11 is 0. The number of benzene rings is 2. The van der Waals surface area contributed by atoms with Gasteiger partial charge in [0.05, 0.1) is 12.7 Å². The molecule has 0 fully saturated rings. The molecular weight excluding hydrogens is 348 g/mol. The maximum Gasteiger partial charge on any atom is 0.340 e. The zero-order valence-corrected chi connectivity index (χ0v) is 15.2. The number of nitrogens with one attached hydrogen (secondary N) is 2. The van der Waals surface area contributed by atoms with Crippen molar-refractivity contribution in [2.45, 2.75) is 12.5 Å². The summed E-state index contributed by atoms with van der Waals surface area (Å²) in [5, 5.41) is 5.43. The lowest BCUT2D eigenvalue weighted by atomic mass is 10.1. The number of carbonyl (C=O) groups excluding carboxylic acids is 3. The number of methoxy groups -OCH3 is 1. The molecule has 2 aromatic carbocycles. The van der Waals surface area contributed by atoms with Gasteiger partial charge in [-0.05, 0) is 17.7 Å². The lowest BCUT2D eigenvalue weighted by molar-refractivity contribution is -0.145. The second-order valence-corrected chi connectivity index (χ2v) is 5.70. The second kappa shape index (κ2) is 9.96. The van der Waals surface area contributed by atoms with Gasteiger partial charge in [0.1, 0.15) is 6.04 Å². The van der Waals surface area contributed by atoms with Crippen molar-refractivity contribution in [2.24, 2.45) is 0 Å². The number of anilines is 1. The average molecular weight is 370 g/mol. The molecule has 0 bridgehead atoms. The van der Waals surface area contributed by atoms with E-state index in [1.165, 1.54) is 7.11 Å². The highest BCUT2D eigenvalue weighted by Gasteiger charge is 2.23. The summed E-state index contributed by atoms with van der Waals surface area (Å²) in [5.74, 6) is -1.79. The number of amides is 1. The first-order chi connectivity index (χ1) is 13.0. The van der Waals surface area contributed by atoms with Gasteiger partial charge in [0.15, 0.2) is 6.61 Å². The molecule has 0 heterocycles. The van der Waals surface area contributed by atoms with Crippen LogP contribution in [0.3, 0.4) is 0 Å². The minimum Gasteiger partial charge on any atom is -0.467 e. The second-order valence-electron chi connectivity index (χ2n) is 5.70. The first-order valence-corrected chi connectivity index (χ1v) is 8.40. The maximum absolute atomic E-state index is 12.2. The number of ether oxygens (including phenoxy) is 2. The van der Waals surface area contributed by atoms with Gasteiger partial charge in [-0.25, -0.2) is 9.59 Å². The Morgan fingerprint density at radius 3 is 2.33 bits per heavy atom. The molecule has 7 nitrogen and oxygen atoms in total. The van der Waals surface area contributed by atoms with E-state index < -0.39 is 30.5 Å². The molecule has 0 unspecified atom stereocenters. The SMILES string of the molecule is CNc1ccccc1C(=O)OCC(=O)N[C@@H](Cc1ccccc1)C(=O)OC. The third kappa shape index (κ3) is 5.85. The third-order valence-electron chi connectivity index (χ3n) is 3.85. The summed E-state index contributed by atoms with van der Waals surface area (Å²) in [4.78, 5) is 36.2. The fourth-order valence-electron chi connectivity index (χ4n) is 2.51. The molecule has 0 aliphatic carbocycles. The molecule has 2 N–H and O–H groups in total. The molecule has 2 aromatic rings. The molecule has 0 saturated carbocycles. The van der Waals surface area contributed by atoms with Gasteiger partial charge in [-0.1, -0.05) is 42.5 Å². The Bertz CT molecular complexity index is 792. The molecule has 1 atom stereocenters. The molecule has 0 aromatic heterocycles. The van der Waals surface area contributed by atoms with E-state index in [2.05, 4.69) is 10.6 Å². The minimum absolute atomic E-state index is 0.274. The zero-order chi connectivity index (χ0) is 19.6. The average Bonchev–Trinajstić information content (AvgIpc) is 2.71. The largest absolute Gasteiger partial charge is 0.467 e. The molecule has 0 aliphatic heterocycles. The van der Waals surface area contributed by atoms with Crippen LogP contribution >= 0.6 is 0 Å². The van der Waals surface area contributed by atoms with E-state index in [1.807, 2.05) is 30.3 Å². The lowest BCUT2D eigenvalue weighted by Gasteiger charge is -2.17. The van der Waals surface area contributed by atoms with Crippen molar-refractivity contribution in [3.05, 3.63) is 65.7 Å². The van der Waals surface area contributed by atoms with Gasteiger partial charge in [0.2, 0.25) is 0 Å². The number of rotatable bonds is 8. The Morgan fingerprint density at radius 1 is 1.00 bits per heavy atom. The molecule has 0 aliphatic rings. The van der Waals surface area contributed by atoms with Gasteiger partial charge >= 0.3 is 11.9 Å². The summed E-state index contributed by atoms with van der Waals surface area (Å²) in [5.41, 5.74) is 1.79. The fourth-order valence-corrected chi connectivity index (χ4v) is 2.51. The predicted octanol–water partition coefficient (Wildman–Crippen LogP) is 1.79. The Labute approximate surface area is 157 Å². The van der Waals surface area contributed by atoms with Gasteiger partial charge in [0, 0.05) is 19.2 Å². The fraction of sp³-hybridized carbons (Fsp3) is 0.250. The quantitative estimate of drug-likeness (QED) is 0.688. The van der Waals surface area contributed by atoms with E-state index in [1.54, 1.807) is 31.3 Å². The van der Waals surface area contributed by atoms with Crippen LogP contribution in [0.15, 0.2) is 54.6 Å². The molecule has 7 heteroatoms. The third-order valence-corrected chi connectivity index (χ3v) is 3.85. The van der Waals surface area contributed by atoms with E-state index in [0.29, 0.717) is 11.3 Å². The van der Waals surface area contributed by atoms with Crippen LogP contribution in [0.2, 0.25) is 0 Å². The van der Waals surface area contributed by atoms with E-state index in [0.717, 1.165) is 5.56 Å². The van der Waals surface area contributed by atoms with Gasteiger partial charge in [0.25, 0.3) is 5.91 Å². The Balaban J connectivity index is 1.95. The monoisotopic (exact) mass is 370 g/mol. The van der Waals surface area contributed by atoms with Crippen LogP contribution in [-0.2, 0) is 25.5 Å². The minimum atomic E-state index is -0.867. The van der Waals surface area contributed by atoms with Gasteiger partial charge < -0.3 is 20.1 Å². The summed E-state index contributed by atoms with van der Waals surface area (Å²) in [6.45, 7) is -0.501. The molecule has 27 heavy (non-hydrogen) atoms. The summed E-state index contributed by atoms with van der Waals surface area (Å²) < 4.78 is 9.79. The van der Waals surface area contributed by atoms with Crippen molar-refractivity contribution in [1.29, 1.82) is 0 Å². The van der Waals surface area contributed by atoms with Crippen LogP contribution in [0.25, 0.3) is 0 Å². The molecule has 2 rings (SSSR count). The van der Waals surface area contributed by atoms with Gasteiger partial charge in [-0.15, -0.1) is 0 Å². The van der Waals surface area contributed by atoms with Crippen LogP contribution < -0.4 is 10.6 Å². The van der Waals surface area contributed by atoms with E-state index in [4.69, 9.17) is 9.47 Å². The standard InChI is InChI=1S/C20H22N2O5/c1-21-16-11-7-6-10-15(16)19(24)27-13-18(23)22-17(20(25)26-2)12-14-8-4-3-5-9-14/h3-11,17,21H,12-13H2,1-2H3,(H,22,23)/t17-/m0/s1. The van der Waals surface area contributed by atoms with Crippen LogP contribution in [-0.4, -0.2) is 44.7 Å². The zero-order valence-electron chi connectivity index (χ0n) is 15.2. The van der Waals surface area contributed by atoms with Crippen LogP contribution in [0.1, 0.15) is 15.9 Å². The molecule has 0 saturated heterocycles. The summed E-state index contributed by atoms with van der Waals surface area (Å²) in [6.07, 6.45) is 0.274. The lowest BCUT2D eigenvalue weighted by Crippen LogP contribution is -2.44. The first-order valence-electron chi connectivity index (χ1n) is 8.40. The molecule has 0 radical (unpaired) electrons. The van der Waals surface area contributed by atoms with Crippen molar-refractivity contribution < 1.29 is 23.9 Å². The van der Waals surface area contributed by atoms with Crippen LogP contribution in [0.4, 0.5) is 5.69 Å². The topological polar surface area (TPSA) is 93.7 Å². The number of hydrogen-bond donors (Lipinski definition) is 2. The predicted molar refractivity (Wildman–Crippen MR) is 100 cm³/mol. The van der Waals surface area contributed by atoms with Gasteiger partial charge in [-0.2, -0.15) is 0 Å². The van der Waals surface area contributed by atoms with Crippen molar-refractivity contribution in [1.82, 2.24) is 5.32 Å². The molecular formula is C20H22N2O5. The van der Waals surface area contributed by atoms with Crippen molar-refractivity contribution in [3.63, 3.8) is 0 Å².